The van der Waals surface area contributed by atoms with E-state index >= 15 is 0 Å². The summed E-state index contributed by atoms with van der Waals surface area (Å²) in [6, 6.07) is 11.3. The van der Waals surface area contributed by atoms with Gasteiger partial charge in [0.25, 0.3) is 0 Å². The molecule has 2 aromatic heterocycles. The van der Waals surface area contributed by atoms with Gasteiger partial charge in [-0.2, -0.15) is 5.10 Å². The number of pyridine rings is 1. The zero-order valence-electron chi connectivity index (χ0n) is 15.2. The van der Waals surface area contributed by atoms with Gasteiger partial charge in [0.1, 0.15) is 11.6 Å². The Morgan fingerprint density at radius 3 is 2.78 bits per heavy atom. The van der Waals surface area contributed by atoms with Gasteiger partial charge in [0, 0.05) is 24.7 Å². The third kappa shape index (κ3) is 4.79. The Bertz CT molecular complexity index is 978. The highest BCUT2D eigenvalue weighted by molar-refractivity contribution is 7.71. The highest BCUT2D eigenvalue weighted by atomic mass is 32.1. The molecule has 0 unspecified atom stereocenters. The van der Waals surface area contributed by atoms with Crippen molar-refractivity contribution in [3.05, 3.63) is 52.9 Å². The number of hydrogen-bond donors (Lipinski definition) is 2. The van der Waals surface area contributed by atoms with Crippen LogP contribution in [0, 0.1) is 11.7 Å². The van der Waals surface area contributed by atoms with Crippen LogP contribution in [0.1, 0.15) is 18.9 Å². The van der Waals surface area contributed by atoms with E-state index in [1.165, 1.54) is 0 Å². The summed E-state index contributed by atoms with van der Waals surface area (Å²) in [6.07, 6.45) is 1.93. The number of aromatic amines is 1. The van der Waals surface area contributed by atoms with Crippen LogP contribution in [0.5, 0.6) is 5.75 Å². The smallest absolute Gasteiger partial charge is 0.227 e. The average molecular weight is 383 g/mol. The number of ether oxygens (including phenoxy) is 1. The van der Waals surface area contributed by atoms with E-state index in [0.29, 0.717) is 29.6 Å². The summed E-state index contributed by atoms with van der Waals surface area (Å²) in [5.41, 5.74) is 1.93. The number of rotatable bonds is 7. The van der Waals surface area contributed by atoms with E-state index in [0.717, 1.165) is 16.9 Å². The van der Waals surface area contributed by atoms with Crippen LogP contribution in [0.4, 0.5) is 5.82 Å². The van der Waals surface area contributed by atoms with Crippen molar-refractivity contribution in [1.82, 2.24) is 19.7 Å². The average Bonchev–Trinajstić information content (AvgIpc) is 3.01. The zero-order chi connectivity index (χ0) is 19.2. The molecule has 0 fully saturated rings. The molecule has 0 aliphatic carbocycles. The lowest BCUT2D eigenvalue weighted by Gasteiger charge is -2.09. The molecule has 140 valence electrons. The Balaban J connectivity index is 1.69. The van der Waals surface area contributed by atoms with E-state index in [9.17, 15) is 4.79 Å². The first kappa shape index (κ1) is 18.8. The molecule has 0 saturated heterocycles. The number of amides is 1. The monoisotopic (exact) mass is 383 g/mol. The molecule has 0 aliphatic rings. The molecular weight excluding hydrogens is 362 g/mol. The lowest BCUT2D eigenvalue weighted by Crippen LogP contribution is -2.15. The highest BCUT2D eigenvalue weighted by Gasteiger charge is 2.11. The number of aromatic nitrogens is 4. The van der Waals surface area contributed by atoms with Crippen LogP contribution in [-0.4, -0.2) is 32.3 Å². The number of H-pyrrole nitrogens is 1. The minimum absolute atomic E-state index is 0.131. The molecule has 2 heterocycles. The molecular formula is C19H21N5O2S. The van der Waals surface area contributed by atoms with Crippen molar-refractivity contribution in [1.29, 1.82) is 0 Å². The largest absolute Gasteiger partial charge is 0.494 e. The van der Waals surface area contributed by atoms with E-state index in [1.807, 2.05) is 54.8 Å². The Hall–Kier alpha value is -3.00. The van der Waals surface area contributed by atoms with Crippen LogP contribution in [-0.2, 0) is 11.3 Å². The summed E-state index contributed by atoms with van der Waals surface area (Å²) in [5.74, 6) is 1.90. The summed E-state index contributed by atoms with van der Waals surface area (Å²) in [6.45, 7) is 4.92. The summed E-state index contributed by atoms with van der Waals surface area (Å²) >= 11 is 5.32. The van der Waals surface area contributed by atoms with E-state index in [2.05, 4.69) is 20.5 Å². The molecule has 0 spiro atoms. The van der Waals surface area contributed by atoms with Gasteiger partial charge in [0.2, 0.25) is 5.91 Å². The fourth-order valence-corrected chi connectivity index (χ4v) is 2.86. The molecule has 3 aromatic rings. The number of nitrogens with one attached hydrogen (secondary N) is 2. The lowest BCUT2D eigenvalue weighted by molar-refractivity contribution is -0.116. The molecule has 3 rings (SSSR count). The normalized spacial score (nSPS) is 10.6. The maximum atomic E-state index is 12.2. The number of carbonyl (C=O) groups excluding carboxylic acids is 1. The van der Waals surface area contributed by atoms with Gasteiger partial charge in [-0.3, -0.25) is 14.5 Å². The molecule has 1 aromatic carbocycles. The molecule has 0 radical (unpaired) electrons. The molecule has 2 N–H and O–H groups in total. The topological polar surface area (TPSA) is 84.8 Å². The van der Waals surface area contributed by atoms with Crippen LogP contribution in [0.2, 0.25) is 0 Å². The van der Waals surface area contributed by atoms with E-state index in [1.54, 1.807) is 6.20 Å². The van der Waals surface area contributed by atoms with Crippen molar-refractivity contribution in [3.63, 3.8) is 0 Å². The van der Waals surface area contributed by atoms with Gasteiger partial charge in [0.15, 0.2) is 10.6 Å². The Morgan fingerprint density at radius 2 is 2.07 bits per heavy atom. The second-order valence-electron chi connectivity index (χ2n) is 5.98. The van der Waals surface area contributed by atoms with Crippen LogP contribution >= 0.6 is 12.2 Å². The Kier molecular flexibility index (Phi) is 5.97. The molecule has 7 nitrogen and oxygen atoms in total. The van der Waals surface area contributed by atoms with Gasteiger partial charge in [-0.15, -0.1) is 0 Å². The van der Waals surface area contributed by atoms with Crippen molar-refractivity contribution in [2.75, 3.05) is 11.9 Å². The number of hydrogen-bond acceptors (Lipinski definition) is 5. The van der Waals surface area contributed by atoms with E-state index < -0.39 is 0 Å². The first-order valence-electron chi connectivity index (χ1n) is 8.67. The highest BCUT2D eigenvalue weighted by Crippen LogP contribution is 2.21. The maximum Gasteiger partial charge on any atom is 0.227 e. The van der Waals surface area contributed by atoms with Crippen LogP contribution < -0.4 is 10.1 Å². The standard InChI is InChI=1S/C19H21N5O2S/c1-3-26-15-6-4-14(5-7-15)18-22-23-19(27)24(18)11-9-17(25)21-16-12-13(2)8-10-20-16/h4-8,10,12H,3,9,11H2,1-2H3,(H,23,27)(H,20,21,25). The van der Waals surface area contributed by atoms with Gasteiger partial charge in [0.05, 0.1) is 6.61 Å². The van der Waals surface area contributed by atoms with Gasteiger partial charge in [-0.1, -0.05) is 0 Å². The SMILES string of the molecule is CCOc1ccc(-c2n[nH]c(=S)n2CCC(=O)Nc2cc(C)ccn2)cc1. The minimum Gasteiger partial charge on any atom is -0.494 e. The first-order chi connectivity index (χ1) is 13.1. The number of nitrogens with zero attached hydrogens (tertiary/aromatic N) is 3. The van der Waals surface area contributed by atoms with E-state index in [-0.39, 0.29) is 12.3 Å². The molecule has 1 amide bonds. The van der Waals surface area contributed by atoms with Gasteiger partial charge < -0.3 is 10.1 Å². The fourth-order valence-electron chi connectivity index (χ4n) is 2.64. The quantitative estimate of drug-likeness (QED) is 0.607. The number of carbonyl (C=O) groups is 1. The molecule has 0 saturated carbocycles. The summed E-state index contributed by atoms with van der Waals surface area (Å²) < 4.78 is 7.75. The second-order valence-corrected chi connectivity index (χ2v) is 6.36. The van der Waals surface area contributed by atoms with Gasteiger partial charge in [-0.05, 0) is 68.0 Å². The zero-order valence-corrected chi connectivity index (χ0v) is 16.0. The Labute approximate surface area is 162 Å². The number of benzene rings is 1. The first-order valence-corrected chi connectivity index (χ1v) is 9.08. The third-order valence-corrected chi connectivity index (χ3v) is 4.24. The van der Waals surface area contributed by atoms with Crippen LogP contribution in [0.15, 0.2) is 42.6 Å². The fraction of sp³-hybridized carbons (Fsp3) is 0.263. The summed E-state index contributed by atoms with van der Waals surface area (Å²) in [7, 11) is 0. The predicted molar refractivity (Wildman–Crippen MR) is 106 cm³/mol. The molecule has 0 atom stereocenters. The molecule has 0 bridgehead atoms. The van der Waals surface area contributed by atoms with Crippen LogP contribution in [0.3, 0.4) is 0 Å². The molecule has 8 heteroatoms. The summed E-state index contributed by atoms with van der Waals surface area (Å²) in [5, 5.41) is 9.89. The van der Waals surface area contributed by atoms with E-state index in [4.69, 9.17) is 17.0 Å². The minimum atomic E-state index is -0.131. The van der Waals surface area contributed by atoms with Gasteiger partial charge in [-0.25, -0.2) is 4.98 Å². The lowest BCUT2D eigenvalue weighted by atomic mass is 10.2. The van der Waals surface area contributed by atoms with Crippen LogP contribution in [0.25, 0.3) is 11.4 Å². The second kappa shape index (κ2) is 8.59. The third-order valence-electron chi connectivity index (χ3n) is 3.93. The van der Waals surface area contributed by atoms with Crippen molar-refractivity contribution in [3.8, 4) is 17.1 Å². The molecule has 27 heavy (non-hydrogen) atoms. The van der Waals surface area contributed by atoms with Crippen molar-refractivity contribution in [2.45, 2.75) is 26.8 Å². The van der Waals surface area contributed by atoms with Crippen molar-refractivity contribution >= 4 is 23.9 Å². The number of anilines is 1. The number of aryl methyl sites for hydroxylation is 1. The van der Waals surface area contributed by atoms with Crippen molar-refractivity contribution in [2.24, 2.45) is 0 Å². The summed E-state index contributed by atoms with van der Waals surface area (Å²) in [4.78, 5) is 16.4. The van der Waals surface area contributed by atoms with Crippen molar-refractivity contribution < 1.29 is 9.53 Å². The predicted octanol–water partition coefficient (Wildman–Crippen LogP) is 3.74. The maximum absolute atomic E-state index is 12.2. The van der Waals surface area contributed by atoms with Gasteiger partial charge >= 0.3 is 0 Å². The Morgan fingerprint density at radius 1 is 1.30 bits per heavy atom. The molecule has 0 aliphatic heterocycles.